The number of phenolic OH excluding ortho intramolecular Hbond substituents is 2. The minimum absolute atomic E-state index is 0.0745. The van der Waals surface area contributed by atoms with Crippen LogP contribution in [0.4, 0.5) is 0 Å². The van der Waals surface area contributed by atoms with Crippen molar-refractivity contribution in [3.63, 3.8) is 0 Å². The van der Waals surface area contributed by atoms with Gasteiger partial charge in [0.1, 0.15) is 15.8 Å². The summed E-state index contributed by atoms with van der Waals surface area (Å²) in [5.41, 5.74) is 6.83. The molecule has 3 aromatic carbocycles. The second-order valence-corrected chi connectivity index (χ2v) is 10.7. The molecule has 2 unspecified atom stereocenters. The van der Waals surface area contributed by atoms with E-state index in [1.165, 1.54) is 34.0 Å². The third kappa shape index (κ3) is 2.00. The predicted molar refractivity (Wildman–Crippen MR) is 126 cm³/mol. The van der Waals surface area contributed by atoms with Crippen molar-refractivity contribution in [2.45, 2.75) is 35.0 Å². The molecule has 154 valence electrons. The van der Waals surface area contributed by atoms with Gasteiger partial charge in [0.25, 0.3) is 0 Å². The molecule has 3 aliphatic carbocycles. The Morgan fingerprint density at radius 2 is 1.48 bits per heavy atom. The molecule has 1 saturated heterocycles. The maximum Gasteiger partial charge on any atom is 0.141 e. The summed E-state index contributed by atoms with van der Waals surface area (Å²) in [7, 11) is 0. The number of phenols is 2. The zero-order valence-electron chi connectivity index (χ0n) is 16.8. The molecule has 1 heterocycles. The van der Waals surface area contributed by atoms with Crippen molar-refractivity contribution in [1.29, 1.82) is 0 Å². The Kier molecular flexibility index (Phi) is 3.53. The minimum atomic E-state index is -0.163. The van der Waals surface area contributed by atoms with E-state index in [-0.39, 0.29) is 23.0 Å². The highest BCUT2D eigenvalue weighted by Crippen LogP contribution is 2.79. The summed E-state index contributed by atoms with van der Waals surface area (Å²) in [6.07, 6.45) is 2.31. The SMILES string of the molecule is Oc1cc(SC(=S)N2CCCC2)c(O)c2c1[C@@H]1c3ccccc3C13c1ccccc1C23. The molecule has 1 fully saturated rings. The lowest BCUT2D eigenvalue weighted by molar-refractivity contribution is 0.325. The van der Waals surface area contributed by atoms with Gasteiger partial charge in [0.2, 0.25) is 0 Å². The molecule has 0 radical (unpaired) electrons. The Bertz CT molecular complexity index is 1300. The molecule has 5 heteroatoms. The molecule has 4 aliphatic rings. The Morgan fingerprint density at radius 3 is 2.13 bits per heavy atom. The molecular formula is C26H21NO2S2. The van der Waals surface area contributed by atoms with E-state index in [0.29, 0.717) is 10.6 Å². The summed E-state index contributed by atoms with van der Waals surface area (Å²) in [4.78, 5) is 2.86. The van der Waals surface area contributed by atoms with E-state index in [1.54, 1.807) is 6.07 Å². The lowest BCUT2D eigenvalue weighted by Gasteiger charge is -2.58. The molecule has 0 saturated carbocycles. The van der Waals surface area contributed by atoms with Crippen LogP contribution in [0, 0.1) is 0 Å². The number of rotatable bonds is 1. The zero-order valence-corrected chi connectivity index (χ0v) is 18.5. The fourth-order valence-corrected chi connectivity index (χ4v) is 8.02. The van der Waals surface area contributed by atoms with E-state index in [9.17, 15) is 10.2 Å². The first-order valence-electron chi connectivity index (χ1n) is 10.9. The van der Waals surface area contributed by atoms with Crippen LogP contribution in [-0.4, -0.2) is 32.5 Å². The molecule has 31 heavy (non-hydrogen) atoms. The number of nitrogens with zero attached hydrogens (tertiary/aromatic N) is 1. The van der Waals surface area contributed by atoms with Crippen molar-refractivity contribution >= 4 is 28.3 Å². The average molecular weight is 444 g/mol. The number of thioether (sulfide) groups is 1. The molecule has 1 spiro atoms. The monoisotopic (exact) mass is 443 g/mol. The highest BCUT2D eigenvalue weighted by atomic mass is 32.2. The van der Waals surface area contributed by atoms with E-state index < -0.39 is 0 Å². The van der Waals surface area contributed by atoms with Crippen molar-refractivity contribution < 1.29 is 10.2 Å². The molecular weight excluding hydrogens is 422 g/mol. The summed E-state index contributed by atoms with van der Waals surface area (Å²) >= 11 is 7.07. The number of hydrogen-bond acceptors (Lipinski definition) is 4. The fourth-order valence-electron chi connectivity index (χ4n) is 6.69. The van der Waals surface area contributed by atoms with Gasteiger partial charge in [0, 0.05) is 41.5 Å². The number of likely N-dealkylation sites (tertiary alicyclic amines) is 1. The van der Waals surface area contributed by atoms with E-state index >= 15 is 0 Å². The molecule has 2 N–H and O–H groups in total. The second-order valence-electron chi connectivity index (χ2n) is 9.04. The first kappa shape index (κ1) is 18.1. The lowest BCUT2D eigenvalue weighted by Crippen LogP contribution is -2.52. The number of benzene rings is 3. The minimum Gasteiger partial charge on any atom is -0.508 e. The molecule has 0 bridgehead atoms. The third-order valence-electron chi connectivity index (χ3n) is 7.81. The highest BCUT2D eigenvalue weighted by molar-refractivity contribution is 8.23. The van der Waals surface area contributed by atoms with Crippen molar-refractivity contribution in [3.05, 3.63) is 88.0 Å². The van der Waals surface area contributed by atoms with Crippen LogP contribution in [0.25, 0.3) is 0 Å². The van der Waals surface area contributed by atoms with E-state index in [2.05, 4.69) is 53.4 Å². The van der Waals surface area contributed by atoms with Crippen molar-refractivity contribution in [1.82, 2.24) is 4.90 Å². The molecule has 3 aromatic rings. The number of aromatic hydroxyl groups is 2. The van der Waals surface area contributed by atoms with E-state index in [4.69, 9.17) is 12.2 Å². The quantitative estimate of drug-likeness (QED) is 0.297. The Labute approximate surface area is 190 Å². The van der Waals surface area contributed by atoms with Crippen LogP contribution >= 0.6 is 24.0 Å². The van der Waals surface area contributed by atoms with Crippen LogP contribution in [0.15, 0.2) is 59.5 Å². The van der Waals surface area contributed by atoms with Crippen LogP contribution in [0.2, 0.25) is 0 Å². The molecule has 7 rings (SSSR count). The number of hydrogen-bond donors (Lipinski definition) is 2. The van der Waals surface area contributed by atoms with Gasteiger partial charge in [-0.15, -0.1) is 0 Å². The van der Waals surface area contributed by atoms with Gasteiger partial charge in [-0.2, -0.15) is 0 Å². The van der Waals surface area contributed by atoms with Crippen LogP contribution < -0.4 is 0 Å². The molecule has 0 aromatic heterocycles. The van der Waals surface area contributed by atoms with Crippen molar-refractivity contribution in [3.8, 4) is 11.5 Å². The summed E-state index contributed by atoms with van der Waals surface area (Å²) in [6.45, 7) is 1.94. The maximum atomic E-state index is 11.5. The van der Waals surface area contributed by atoms with E-state index in [0.717, 1.165) is 41.4 Å². The summed E-state index contributed by atoms with van der Waals surface area (Å²) in [5, 5.41) is 22.7. The van der Waals surface area contributed by atoms with Gasteiger partial charge in [-0.1, -0.05) is 72.5 Å². The van der Waals surface area contributed by atoms with Gasteiger partial charge >= 0.3 is 0 Å². The van der Waals surface area contributed by atoms with Gasteiger partial charge in [-0.25, -0.2) is 0 Å². The smallest absolute Gasteiger partial charge is 0.141 e. The first-order chi connectivity index (χ1) is 15.1. The second kappa shape index (κ2) is 6.05. The lowest BCUT2D eigenvalue weighted by atomic mass is 9.43. The number of thiocarbonyl (C=S) groups is 1. The average Bonchev–Trinajstić information content (AvgIpc) is 3.37. The molecule has 1 aliphatic heterocycles. The van der Waals surface area contributed by atoms with Crippen molar-refractivity contribution in [2.75, 3.05) is 13.1 Å². The first-order valence-corrected chi connectivity index (χ1v) is 12.1. The van der Waals surface area contributed by atoms with Gasteiger partial charge in [0.05, 0.1) is 4.90 Å². The van der Waals surface area contributed by atoms with Crippen molar-refractivity contribution in [2.24, 2.45) is 0 Å². The topological polar surface area (TPSA) is 43.7 Å². The Balaban J connectivity index is 1.42. The predicted octanol–water partition coefficient (Wildman–Crippen LogP) is 5.46. The summed E-state index contributed by atoms with van der Waals surface area (Å²) < 4.78 is 0.778. The normalized spacial score (nSPS) is 26.1. The summed E-state index contributed by atoms with van der Waals surface area (Å²) in [6, 6.07) is 18.8. The molecule has 0 amide bonds. The third-order valence-corrected chi connectivity index (χ3v) is 9.28. The maximum absolute atomic E-state index is 11.5. The van der Waals surface area contributed by atoms with Crippen LogP contribution in [-0.2, 0) is 5.41 Å². The zero-order chi connectivity index (χ0) is 20.9. The summed E-state index contributed by atoms with van der Waals surface area (Å²) in [5.74, 6) is 0.733. The standard InChI is InChI=1S/C26H21NO2S2/c28-18-13-19(31-25(30)27-11-5-6-12-27)24(29)21-20(18)22-14-7-1-3-9-16(14)26(22)17-10-4-2-8-15(17)23(21)26/h1-4,7-10,13,22-23,28-29H,5-6,11-12H2/t22-,23?,26?/m0/s1. The van der Waals surface area contributed by atoms with Gasteiger partial charge in [0.15, 0.2) is 0 Å². The van der Waals surface area contributed by atoms with E-state index in [1.807, 2.05) is 0 Å². The van der Waals surface area contributed by atoms with Gasteiger partial charge in [-0.3, -0.25) is 0 Å². The Morgan fingerprint density at radius 1 is 0.903 bits per heavy atom. The van der Waals surface area contributed by atoms with Gasteiger partial charge in [-0.05, 0) is 41.2 Å². The van der Waals surface area contributed by atoms with Crippen LogP contribution in [0.5, 0.6) is 11.5 Å². The number of fused-ring (bicyclic) bond motifs is 7. The fraction of sp³-hybridized carbons (Fsp3) is 0.269. The molecule has 3 nitrogen and oxygen atoms in total. The van der Waals surface area contributed by atoms with Crippen LogP contribution in [0.3, 0.4) is 0 Å². The Hall–Kier alpha value is -2.50. The largest absolute Gasteiger partial charge is 0.508 e. The van der Waals surface area contributed by atoms with Gasteiger partial charge < -0.3 is 15.1 Å². The highest BCUT2D eigenvalue weighted by Gasteiger charge is 2.70. The van der Waals surface area contributed by atoms with Crippen LogP contribution in [0.1, 0.15) is 58.1 Å². The molecule has 3 atom stereocenters.